The second-order valence-corrected chi connectivity index (χ2v) is 6.33. The molecule has 104 valence electrons. The Morgan fingerprint density at radius 3 is 2.53 bits per heavy atom. The molecule has 2 fully saturated rings. The fraction of sp³-hybridized carbons (Fsp3) is 0.647. The molecule has 0 saturated heterocycles. The summed E-state index contributed by atoms with van der Waals surface area (Å²) in [5.74, 6) is 0.800. The van der Waals surface area contributed by atoms with E-state index in [9.17, 15) is 5.11 Å². The molecule has 0 radical (unpaired) electrons. The van der Waals surface area contributed by atoms with Crippen molar-refractivity contribution in [3.8, 4) is 0 Å². The Balaban J connectivity index is 1.67. The van der Waals surface area contributed by atoms with Crippen LogP contribution in [0.4, 0.5) is 0 Å². The lowest BCUT2D eigenvalue weighted by atomic mass is 9.82. The third kappa shape index (κ3) is 3.01. The van der Waals surface area contributed by atoms with Crippen molar-refractivity contribution in [3.05, 3.63) is 35.4 Å². The maximum Gasteiger partial charge on any atom is 0.0613 e. The molecule has 2 heteroatoms. The molecule has 2 N–H and O–H groups in total. The molecule has 2 saturated carbocycles. The van der Waals surface area contributed by atoms with Gasteiger partial charge in [-0.15, -0.1) is 0 Å². The molecular weight excluding hydrogens is 234 g/mol. The zero-order chi connectivity index (χ0) is 13.1. The van der Waals surface area contributed by atoms with Crippen LogP contribution in [-0.2, 0) is 6.54 Å². The van der Waals surface area contributed by atoms with E-state index in [1.165, 1.54) is 43.2 Å². The predicted molar refractivity (Wildman–Crippen MR) is 78.2 cm³/mol. The molecule has 0 spiro atoms. The lowest BCUT2D eigenvalue weighted by Crippen LogP contribution is -2.49. The molecule has 0 unspecified atom stereocenters. The number of hydrogen-bond donors (Lipinski definition) is 2. The first-order valence-electron chi connectivity index (χ1n) is 7.77. The first-order valence-corrected chi connectivity index (χ1v) is 7.77. The van der Waals surface area contributed by atoms with Crippen LogP contribution in [0.3, 0.4) is 0 Å². The van der Waals surface area contributed by atoms with Gasteiger partial charge < -0.3 is 10.4 Å². The lowest BCUT2D eigenvalue weighted by molar-refractivity contribution is 0.119. The van der Waals surface area contributed by atoms with Gasteiger partial charge in [0.1, 0.15) is 0 Å². The van der Waals surface area contributed by atoms with Gasteiger partial charge >= 0.3 is 0 Å². The average molecular weight is 259 g/mol. The summed E-state index contributed by atoms with van der Waals surface area (Å²) in [6.07, 6.45) is 8.76. The van der Waals surface area contributed by atoms with E-state index < -0.39 is 0 Å². The summed E-state index contributed by atoms with van der Waals surface area (Å²) >= 11 is 0. The van der Waals surface area contributed by atoms with Crippen LogP contribution in [0.2, 0.25) is 0 Å². The Morgan fingerprint density at radius 2 is 1.84 bits per heavy atom. The highest BCUT2D eigenvalue weighted by Gasteiger charge is 2.31. The van der Waals surface area contributed by atoms with Crippen molar-refractivity contribution in [1.29, 1.82) is 0 Å². The molecule has 0 heterocycles. The third-order valence-corrected chi connectivity index (χ3v) is 4.84. The summed E-state index contributed by atoms with van der Waals surface area (Å²) in [6, 6.07) is 8.81. The van der Waals surface area contributed by atoms with Crippen molar-refractivity contribution in [3.63, 3.8) is 0 Å². The van der Waals surface area contributed by atoms with E-state index in [2.05, 4.69) is 29.6 Å². The molecule has 1 aromatic carbocycles. The van der Waals surface area contributed by atoms with Gasteiger partial charge in [-0.2, -0.15) is 0 Å². The number of aliphatic hydroxyl groups excluding tert-OH is 1. The van der Waals surface area contributed by atoms with Crippen molar-refractivity contribution in [2.75, 3.05) is 6.61 Å². The second-order valence-electron chi connectivity index (χ2n) is 6.33. The number of rotatable bonds is 5. The minimum Gasteiger partial charge on any atom is -0.394 e. The van der Waals surface area contributed by atoms with Crippen molar-refractivity contribution in [1.82, 2.24) is 5.32 Å². The zero-order valence-corrected chi connectivity index (χ0v) is 11.7. The van der Waals surface area contributed by atoms with Crippen molar-refractivity contribution in [2.45, 2.75) is 62.9 Å². The van der Waals surface area contributed by atoms with Gasteiger partial charge in [0.05, 0.1) is 6.61 Å². The van der Waals surface area contributed by atoms with Crippen molar-refractivity contribution < 1.29 is 5.11 Å². The molecule has 2 aliphatic carbocycles. The molecule has 1 aromatic rings. The van der Waals surface area contributed by atoms with E-state index in [1.54, 1.807) is 0 Å². The van der Waals surface area contributed by atoms with E-state index in [4.69, 9.17) is 0 Å². The topological polar surface area (TPSA) is 32.3 Å². The van der Waals surface area contributed by atoms with E-state index >= 15 is 0 Å². The molecule has 0 aromatic heterocycles. The van der Waals surface area contributed by atoms with Crippen molar-refractivity contribution in [2.24, 2.45) is 0 Å². The monoisotopic (exact) mass is 259 g/mol. The number of nitrogens with one attached hydrogen (secondary N) is 1. The van der Waals surface area contributed by atoms with E-state index in [-0.39, 0.29) is 12.1 Å². The van der Waals surface area contributed by atoms with Gasteiger partial charge in [0.2, 0.25) is 0 Å². The predicted octanol–water partition coefficient (Wildman–Crippen LogP) is 3.35. The molecule has 19 heavy (non-hydrogen) atoms. The van der Waals surface area contributed by atoms with Crippen LogP contribution < -0.4 is 5.32 Å². The zero-order valence-electron chi connectivity index (χ0n) is 11.7. The van der Waals surface area contributed by atoms with Gasteiger partial charge in [-0.1, -0.05) is 43.5 Å². The van der Waals surface area contributed by atoms with Crippen molar-refractivity contribution >= 4 is 0 Å². The highest BCUT2D eigenvalue weighted by molar-refractivity contribution is 5.33. The fourth-order valence-corrected chi connectivity index (χ4v) is 3.39. The first-order chi connectivity index (χ1) is 9.33. The number of hydrogen-bond acceptors (Lipinski definition) is 2. The van der Waals surface area contributed by atoms with Gasteiger partial charge in [0.15, 0.2) is 0 Å². The first kappa shape index (κ1) is 13.1. The minimum absolute atomic E-state index is 0.0189. The molecule has 2 nitrogen and oxygen atoms in total. The Labute approximate surface area is 116 Å². The van der Waals surface area contributed by atoms with Gasteiger partial charge in [0.25, 0.3) is 0 Å². The standard InChI is InChI=1S/C17H25NO/c19-13-17(10-4-1-5-11-17)18-12-15-6-2-3-7-16(15)14-8-9-14/h2-3,6-7,14,18-19H,1,4-5,8-13H2. The number of benzene rings is 1. The normalized spacial score (nSPS) is 22.4. The van der Waals surface area contributed by atoms with Gasteiger partial charge in [-0.25, -0.2) is 0 Å². The minimum atomic E-state index is -0.0189. The molecule has 0 amide bonds. The summed E-state index contributed by atoms with van der Waals surface area (Å²) in [5, 5.41) is 13.4. The Hall–Kier alpha value is -0.860. The summed E-state index contributed by atoms with van der Waals surface area (Å²) in [7, 11) is 0. The summed E-state index contributed by atoms with van der Waals surface area (Å²) in [5.41, 5.74) is 2.94. The highest BCUT2D eigenvalue weighted by atomic mass is 16.3. The summed E-state index contributed by atoms with van der Waals surface area (Å²) in [6.45, 7) is 1.19. The number of aliphatic hydroxyl groups is 1. The van der Waals surface area contributed by atoms with Crippen LogP contribution in [0.15, 0.2) is 24.3 Å². The van der Waals surface area contributed by atoms with Crippen LogP contribution in [0, 0.1) is 0 Å². The maximum absolute atomic E-state index is 9.75. The van der Waals surface area contributed by atoms with Crippen LogP contribution >= 0.6 is 0 Å². The Kier molecular flexibility index (Phi) is 3.90. The van der Waals surface area contributed by atoms with Crippen LogP contribution in [0.25, 0.3) is 0 Å². The smallest absolute Gasteiger partial charge is 0.0613 e. The van der Waals surface area contributed by atoms with Gasteiger partial charge in [-0.3, -0.25) is 0 Å². The highest BCUT2D eigenvalue weighted by Crippen LogP contribution is 2.41. The fourth-order valence-electron chi connectivity index (χ4n) is 3.39. The Morgan fingerprint density at radius 1 is 1.11 bits per heavy atom. The SMILES string of the molecule is OCC1(NCc2ccccc2C2CC2)CCCCC1. The molecule has 3 rings (SSSR count). The van der Waals surface area contributed by atoms with Crippen LogP contribution in [0.1, 0.15) is 62.0 Å². The van der Waals surface area contributed by atoms with Gasteiger partial charge in [-0.05, 0) is 42.7 Å². The summed E-state index contributed by atoms with van der Waals surface area (Å²) in [4.78, 5) is 0. The largest absolute Gasteiger partial charge is 0.394 e. The second kappa shape index (κ2) is 5.64. The quantitative estimate of drug-likeness (QED) is 0.850. The van der Waals surface area contributed by atoms with E-state index in [0.29, 0.717) is 0 Å². The molecule has 0 aliphatic heterocycles. The van der Waals surface area contributed by atoms with E-state index in [0.717, 1.165) is 25.3 Å². The lowest BCUT2D eigenvalue weighted by Gasteiger charge is -2.37. The van der Waals surface area contributed by atoms with Crippen LogP contribution in [-0.4, -0.2) is 17.3 Å². The Bertz CT molecular complexity index is 419. The average Bonchev–Trinajstić information content (AvgIpc) is 3.31. The summed E-state index contributed by atoms with van der Waals surface area (Å²) < 4.78 is 0. The molecule has 0 atom stereocenters. The molecule has 0 bridgehead atoms. The van der Waals surface area contributed by atoms with Gasteiger partial charge in [0, 0.05) is 12.1 Å². The van der Waals surface area contributed by atoms with E-state index in [1.807, 2.05) is 0 Å². The third-order valence-electron chi connectivity index (χ3n) is 4.84. The molecular formula is C17H25NO. The maximum atomic E-state index is 9.75. The molecule has 2 aliphatic rings. The van der Waals surface area contributed by atoms with Crippen LogP contribution in [0.5, 0.6) is 0 Å².